The summed E-state index contributed by atoms with van der Waals surface area (Å²) in [6, 6.07) is 16.4. The molecule has 182 valence electrons. The van der Waals surface area contributed by atoms with Crippen molar-refractivity contribution in [3.8, 4) is 5.75 Å². The van der Waals surface area contributed by atoms with E-state index in [0.717, 1.165) is 17.7 Å². The summed E-state index contributed by atoms with van der Waals surface area (Å²) in [5, 5.41) is 13.2. The lowest BCUT2D eigenvalue weighted by Crippen LogP contribution is -2.42. The first-order chi connectivity index (χ1) is 16.3. The first-order valence-electron chi connectivity index (χ1n) is 10.3. The zero-order valence-corrected chi connectivity index (χ0v) is 18.4. The number of hydrogen-bond acceptors (Lipinski definition) is 5. The summed E-state index contributed by atoms with van der Waals surface area (Å²) in [4.78, 5) is 1.77. The fraction of sp³-hybridized carbons (Fsp3) is 0.120. The van der Waals surface area contributed by atoms with Gasteiger partial charge in [-0.25, -0.2) is 9.40 Å². The van der Waals surface area contributed by atoms with Crippen molar-refractivity contribution in [1.29, 1.82) is 0 Å². The van der Waals surface area contributed by atoms with Crippen molar-refractivity contribution in [2.45, 2.75) is 12.7 Å². The van der Waals surface area contributed by atoms with Crippen LogP contribution < -0.4 is 25.6 Å². The topological polar surface area (TPSA) is 79.5 Å². The molecule has 2 heterocycles. The van der Waals surface area contributed by atoms with Gasteiger partial charge in [0, 0.05) is 23.2 Å². The first-order valence-corrected chi connectivity index (χ1v) is 10.3. The Kier molecular flexibility index (Phi) is 6.08. The van der Waals surface area contributed by atoms with Gasteiger partial charge in [-0.15, -0.1) is 0 Å². The van der Waals surface area contributed by atoms with Gasteiger partial charge < -0.3 is 20.2 Å². The summed E-state index contributed by atoms with van der Waals surface area (Å²) in [6.07, 6.45) is -2.75. The Bertz CT molecular complexity index is 1400. The maximum atomic E-state index is 14.8. The molecule has 0 radical (unpaired) electrons. The Labute approximate surface area is 197 Å². The van der Waals surface area contributed by atoms with Crippen LogP contribution in [0, 0.1) is 5.82 Å². The maximum Gasteiger partial charge on any atom is 0.416 e. The number of benzene rings is 3. The third-order valence-electron chi connectivity index (χ3n) is 5.73. The number of nitrogens with one attached hydrogen (secondary N) is 1. The second kappa shape index (κ2) is 8.88. The van der Waals surface area contributed by atoms with E-state index in [0.29, 0.717) is 28.9 Å². The largest absolute Gasteiger partial charge is 0.497 e. The first kappa shape index (κ1) is 24.0. The van der Waals surface area contributed by atoms with Gasteiger partial charge in [0.2, 0.25) is 5.88 Å². The number of hydrogen-bond donors (Lipinski definition) is 2. The molecule has 3 aromatic rings. The maximum absolute atomic E-state index is 14.8. The molecule has 10 heteroatoms. The van der Waals surface area contributed by atoms with Gasteiger partial charge in [0.1, 0.15) is 17.3 Å². The monoisotopic (exact) mass is 487 g/mol. The summed E-state index contributed by atoms with van der Waals surface area (Å²) in [7, 11) is 1.57. The minimum atomic E-state index is -4.48. The van der Waals surface area contributed by atoms with Crippen molar-refractivity contribution in [2.75, 3.05) is 12.1 Å². The Morgan fingerprint density at radius 3 is 2.29 bits per heavy atom. The number of anilines is 1. The Morgan fingerprint density at radius 1 is 0.971 bits per heavy atom. The standard InChI is InChI=1S/C25H19F4N3O2.H2O/c1-34-19-11-5-15(6-12-19)13-31-14-16-3-2-4-20(26)21(16)22-23(31)24(33)32(30-22)18-9-7-17(8-10-18)25(27,28)29;/h2-12,14,30,33H,13H2,1H3;1H2. The predicted molar refractivity (Wildman–Crippen MR) is 122 cm³/mol. The van der Waals surface area contributed by atoms with Crippen LogP contribution in [0.25, 0.3) is 11.9 Å². The molecule has 6 nitrogen and oxygen atoms in total. The Hall–Kier alpha value is -4.18. The van der Waals surface area contributed by atoms with Gasteiger partial charge in [-0.05, 0) is 48.0 Å². The van der Waals surface area contributed by atoms with E-state index in [-0.39, 0.29) is 22.3 Å². The quantitative estimate of drug-likeness (QED) is 0.553. The number of methoxy groups -OCH3 is 1. The molecule has 0 saturated carbocycles. The number of fused-ring (bicyclic) bond motifs is 2. The van der Waals surface area contributed by atoms with E-state index in [2.05, 4.69) is 5.43 Å². The predicted octanol–water partition coefficient (Wildman–Crippen LogP) is 3.14. The highest BCUT2D eigenvalue weighted by atomic mass is 19.4. The van der Waals surface area contributed by atoms with Crippen molar-refractivity contribution in [2.24, 2.45) is 0 Å². The summed E-state index contributed by atoms with van der Waals surface area (Å²) in [5.74, 6) is -0.0440. The van der Waals surface area contributed by atoms with Crippen LogP contribution in [0.4, 0.5) is 23.2 Å². The molecule has 0 aliphatic carbocycles. The molecule has 0 fully saturated rings. The van der Waals surface area contributed by atoms with Crippen molar-refractivity contribution >= 4 is 17.6 Å². The third kappa shape index (κ3) is 4.24. The number of aliphatic hydroxyl groups is 1. The zero-order chi connectivity index (χ0) is 24.0. The van der Waals surface area contributed by atoms with Crippen molar-refractivity contribution in [1.82, 2.24) is 10.3 Å². The molecular formula is C25H21F4N3O3. The molecule has 2 aliphatic rings. The van der Waals surface area contributed by atoms with Crippen LogP contribution in [-0.2, 0) is 12.7 Å². The lowest BCUT2D eigenvalue weighted by atomic mass is 10.1. The molecule has 5 rings (SSSR count). The highest BCUT2D eigenvalue weighted by Gasteiger charge is 2.35. The normalized spacial score (nSPS) is 14.6. The fourth-order valence-corrected chi connectivity index (χ4v) is 4.07. The van der Waals surface area contributed by atoms with Crippen molar-refractivity contribution < 1.29 is 32.9 Å². The third-order valence-corrected chi connectivity index (χ3v) is 5.73. The van der Waals surface area contributed by atoms with E-state index < -0.39 is 17.6 Å². The van der Waals surface area contributed by atoms with Gasteiger partial charge in [-0.2, -0.15) is 13.2 Å². The number of hydrazine groups is 1. The van der Waals surface area contributed by atoms with Gasteiger partial charge in [0.25, 0.3) is 0 Å². The second-order valence-corrected chi connectivity index (χ2v) is 7.85. The Balaban J connectivity index is 0.00000289. The van der Waals surface area contributed by atoms with Crippen LogP contribution in [0.15, 0.2) is 78.3 Å². The molecule has 0 bridgehead atoms. The van der Waals surface area contributed by atoms with E-state index in [1.54, 1.807) is 30.3 Å². The molecule has 4 N–H and O–H groups in total. The zero-order valence-electron chi connectivity index (χ0n) is 18.4. The molecule has 3 aromatic carbocycles. The average molecular weight is 487 g/mol. The number of alkyl halides is 3. The second-order valence-electron chi connectivity index (χ2n) is 7.85. The SMILES string of the molecule is COc1ccc(CN2C=c3cccc(F)c3=C3NN(c4ccc(C(F)(F)F)cc4)C(O)=C32)cc1.O. The number of ether oxygens (including phenoxy) is 1. The van der Waals surface area contributed by atoms with E-state index >= 15 is 0 Å². The highest BCUT2D eigenvalue weighted by molar-refractivity contribution is 5.75. The van der Waals surface area contributed by atoms with Crippen LogP contribution in [0.1, 0.15) is 11.1 Å². The highest BCUT2D eigenvalue weighted by Crippen LogP contribution is 2.35. The summed E-state index contributed by atoms with van der Waals surface area (Å²) in [6.45, 7) is 0.353. The smallest absolute Gasteiger partial charge is 0.416 e. The lowest BCUT2D eigenvalue weighted by Gasteiger charge is -2.25. The van der Waals surface area contributed by atoms with Crippen molar-refractivity contribution in [3.63, 3.8) is 0 Å². The molecule has 0 unspecified atom stereocenters. The Morgan fingerprint density at radius 2 is 1.66 bits per heavy atom. The molecule has 0 saturated heterocycles. The van der Waals surface area contributed by atoms with E-state index in [1.807, 2.05) is 24.3 Å². The minimum absolute atomic E-state index is 0. The molecular weight excluding hydrogens is 466 g/mol. The molecule has 2 aliphatic heterocycles. The minimum Gasteiger partial charge on any atom is -0.497 e. The van der Waals surface area contributed by atoms with Crippen LogP contribution in [-0.4, -0.2) is 22.6 Å². The van der Waals surface area contributed by atoms with Crippen LogP contribution in [0.2, 0.25) is 0 Å². The fourth-order valence-electron chi connectivity index (χ4n) is 4.07. The lowest BCUT2D eigenvalue weighted by molar-refractivity contribution is -0.137. The molecule has 0 atom stereocenters. The summed E-state index contributed by atoms with van der Waals surface area (Å²) < 4.78 is 59.0. The van der Waals surface area contributed by atoms with E-state index in [4.69, 9.17) is 4.74 Å². The van der Waals surface area contributed by atoms with Crippen molar-refractivity contribution in [3.05, 3.63) is 106 Å². The summed E-state index contributed by atoms with van der Waals surface area (Å²) in [5.41, 5.74) is 3.97. The number of nitrogens with zero attached hydrogens (tertiary/aromatic N) is 2. The average Bonchev–Trinajstić information content (AvgIpc) is 3.16. The number of aliphatic hydroxyl groups excluding tert-OH is 1. The van der Waals surface area contributed by atoms with Crippen LogP contribution in [0.5, 0.6) is 5.75 Å². The van der Waals surface area contributed by atoms with Gasteiger partial charge in [0.05, 0.1) is 24.1 Å². The van der Waals surface area contributed by atoms with Gasteiger partial charge >= 0.3 is 6.18 Å². The van der Waals surface area contributed by atoms with Gasteiger partial charge in [0.15, 0.2) is 0 Å². The van der Waals surface area contributed by atoms with E-state index in [9.17, 15) is 22.7 Å². The molecule has 0 amide bonds. The van der Waals surface area contributed by atoms with E-state index in [1.165, 1.54) is 23.2 Å². The number of rotatable bonds is 4. The summed E-state index contributed by atoms with van der Waals surface area (Å²) >= 11 is 0. The van der Waals surface area contributed by atoms with Crippen LogP contribution >= 0.6 is 0 Å². The molecule has 35 heavy (non-hydrogen) atoms. The van der Waals surface area contributed by atoms with Crippen LogP contribution in [0.3, 0.4) is 0 Å². The molecule has 0 aromatic heterocycles. The van der Waals surface area contributed by atoms with Gasteiger partial charge in [-0.1, -0.05) is 24.3 Å². The number of halogens is 4. The van der Waals surface area contributed by atoms with Gasteiger partial charge in [-0.3, -0.25) is 5.43 Å². The molecule has 0 spiro atoms.